The van der Waals surface area contributed by atoms with E-state index in [0.717, 1.165) is 36.5 Å². The molecule has 0 aliphatic heterocycles. The quantitative estimate of drug-likeness (QED) is 0.752. The first kappa shape index (κ1) is 15.4. The molecule has 0 aromatic carbocycles. The molecular weight excluding hydrogens is 296 g/mol. The number of hydrogen-bond donors (Lipinski definition) is 2. The first-order valence-electron chi connectivity index (χ1n) is 10.2. The summed E-state index contributed by atoms with van der Waals surface area (Å²) in [6, 6.07) is 0. The molecule has 1 heterocycles. The van der Waals surface area contributed by atoms with Crippen LogP contribution in [0.5, 0.6) is 0 Å². The summed E-state index contributed by atoms with van der Waals surface area (Å²) in [4.78, 5) is 0. The monoisotopic (exact) mass is 328 g/mol. The number of aryl methyl sites for hydroxylation is 1. The Balaban J connectivity index is 1.50. The summed E-state index contributed by atoms with van der Waals surface area (Å²) in [6.45, 7) is 7.32. The lowest BCUT2D eigenvalue weighted by Gasteiger charge is -2.60. The Morgan fingerprint density at radius 3 is 2.75 bits per heavy atom. The van der Waals surface area contributed by atoms with Gasteiger partial charge in [0, 0.05) is 11.3 Å². The number of rotatable bonds is 0. The summed E-state index contributed by atoms with van der Waals surface area (Å²) < 4.78 is 0. The molecule has 0 bridgehead atoms. The maximum Gasteiger partial charge on any atom is 0.0665 e. The summed E-state index contributed by atoms with van der Waals surface area (Å²) >= 11 is 0. The Kier molecular flexibility index (Phi) is 3.13. The average molecular weight is 329 g/mol. The molecule has 5 rings (SSSR count). The summed E-state index contributed by atoms with van der Waals surface area (Å²) in [6.07, 6.45) is 9.92. The van der Waals surface area contributed by atoms with Crippen LogP contribution in [0.2, 0.25) is 0 Å². The molecule has 3 heteroatoms. The van der Waals surface area contributed by atoms with Crippen LogP contribution in [0.1, 0.15) is 75.7 Å². The van der Waals surface area contributed by atoms with Gasteiger partial charge in [0.1, 0.15) is 0 Å². The van der Waals surface area contributed by atoms with Crippen molar-refractivity contribution in [3.63, 3.8) is 0 Å². The van der Waals surface area contributed by atoms with Crippen molar-refractivity contribution in [3.8, 4) is 0 Å². The number of hydrogen-bond acceptors (Lipinski definition) is 2. The second kappa shape index (κ2) is 4.87. The first-order chi connectivity index (χ1) is 11.4. The number of aliphatic hydroxyl groups excluding tert-OH is 1. The van der Waals surface area contributed by atoms with Gasteiger partial charge in [0.2, 0.25) is 0 Å². The van der Waals surface area contributed by atoms with Crippen LogP contribution in [0.25, 0.3) is 0 Å². The fourth-order valence-electron chi connectivity index (χ4n) is 7.84. The molecule has 0 radical (unpaired) electrons. The molecule has 7 atom stereocenters. The lowest BCUT2D eigenvalue weighted by molar-refractivity contribution is -0.111. The molecule has 4 aliphatic carbocycles. The number of nitrogens with zero attached hydrogens (tertiary/aromatic N) is 1. The van der Waals surface area contributed by atoms with Crippen LogP contribution in [0.4, 0.5) is 0 Å². The lowest BCUT2D eigenvalue weighted by Crippen LogP contribution is -2.54. The zero-order valence-corrected chi connectivity index (χ0v) is 15.4. The fraction of sp³-hybridized carbons (Fsp3) is 0.857. The van der Waals surface area contributed by atoms with Gasteiger partial charge in [0.05, 0.1) is 11.8 Å². The van der Waals surface area contributed by atoms with E-state index in [4.69, 9.17) is 0 Å². The Bertz CT molecular complexity index is 667. The fourth-order valence-corrected chi connectivity index (χ4v) is 7.84. The highest BCUT2D eigenvalue weighted by Gasteiger charge is 2.59. The molecule has 4 aliphatic rings. The number of fused-ring (bicyclic) bond motifs is 7. The third-order valence-electron chi connectivity index (χ3n) is 9.03. The highest BCUT2D eigenvalue weighted by Crippen LogP contribution is 2.65. The first-order valence-corrected chi connectivity index (χ1v) is 10.2. The third-order valence-corrected chi connectivity index (χ3v) is 9.03. The smallest absolute Gasteiger partial charge is 0.0665 e. The molecule has 24 heavy (non-hydrogen) atoms. The standard InChI is InChI=1S/C21H32N2O/c1-12-19-18(23-22-12)11-17-15-5-4-13-10-14(24)6-8-20(13,2)16(15)7-9-21(17,19)3/h13-17,24H,4-11H2,1-3H3,(H,22,23)/t13-,14-,15+,16-,17+,20-,21-/m1/s1. The van der Waals surface area contributed by atoms with Gasteiger partial charge >= 0.3 is 0 Å². The second-order valence-corrected chi connectivity index (χ2v) is 9.92. The Morgan fingerprint density at radius 2 is 1.92 bits per heavy atom. The topological polar surface area (TPSA) is 48.9 Å². The Labute approximate surface area is 145 Å². The van der Waals surface area contributed by atoms with E-state index >= 15 is 0 Å². The molecular formula is C21H32N2O. The third kappa shape index (κ3) is 1.80. The van der Waals surface area contributed by atoms with Gasteiger partial charge in [-0.15, -0.1) is 0 Å². The summed E-state index contributed by atoms with van der Waals surface area (Å²) in [5.74, 6) is 3.29. The van der Waals surface area contributed by atoms with Crippen LogP contribution in [0.3, 0.4) is 0 Å². The van der Waals surface area contributed by atoms with E-state index < -0.39 is 0 Å². The van der Waals surface area contributed by atoms with Gasteiger partial charge in [-0.1, -0.05) is 13.8 Å². The molecule has 2 N–H and O–H groups in total. The predicted octanol–water partition coefficient (Wildman–Crippen LogP) is 4.14. The largest absolute Gasteiger partial charge is 0.393 e. The van der Waals surface area contributed by atoms with Gasteiger partial charge in [-0.2, -0.15) is 5.10 Å². The van der Waals surface area contributed by atoms with Crippen molar-refractivity contribution in [3.05, 3.63) is 17.0 Å². The van der Waals surface area contributed by atoms with Gasteiger partial charge in [0.25, 0.3) is 0 Å². The highest BCUT2D eigenvalue weighted by molar-refractivity contribution is 5.40. The minimum absolute atomic E-state index is 0.0347. The predicted molar refractivity (Wildman–Crippen MR) is 94.8 cm³/mol. The normalized spacial score (nSPS) is 49.9. The van der Waals surface area contributed by atoms with Gasteiger partial charge in [0.15, 0.2) is 0 Å². The van der Waals surface area contributed by atoms with Crippen LogP contribution in [0.15, 0.2) is 0 Å². The van der Waals surface area contributed by atoms with Crippen LogP contribution in [-0.2, 0) is 11.8 Å². The number of aromatic amines is 1. The average Bonchev–Trinajstić information content (AvgIpc) is 3.06. The lowest BCUT2D eigenvalue weighted by atomic mass is 9.45. The summed E-state index contributed by atoms with van der Waals surface area (Å²) in [5.41, 5.74) is 5.08. The van der Waals surface area contributed by atoms with E-state index in [2.05, 4.69) is 31.0 Å². The van der Waals surface area contributed by atoms with Crippen molar-refractivity contribution < 1.29 is 5.11 Å². The molecule has 3 saturated carbocycles. The molecule has 0 saturated heterocycles. The van der Waals surface area contributed by atoms with E-state index in [1.54, 1.807) is 5.56 Å². The minimum atomic E-state index is -0.0347. The number of aliphatic hydroxyl groups is 1. The maximum atomic E-state index is 10.2. The van der Waals surface area contributed by atoms with E-state index in [-0.39, 0.29) is 6.10 Å². The zero-order valence-electron chi connectivity index (χ0n) is 15.4. The number of aromatic nitrogens is 2. The zero-order chi connectivity index (χ0) is 16.7. The van der Waals surface area contributed by atoms with E-state index in [9.17, 15) is 5.11 Å². The van der Waals surface area contributed by atoms with Crippen molar-refractivity contribution in [1.29, 1.82) is 0 Å². The SMILES string of the molecule is Cc1[nH]nc2c1[C@]1(C)CC[C@@H]3[C@H](CC[C@@H]4C[C@H](O)CC[C@]43C)[C@@H]1C2. The number of H-pyrrole nitrogens is 1. The van der Waals surface area contributed by atoms with Crippen LogP contribution in [-0.4, -0.2) is 21.4 Å². The maximum absolute atomic E-state index is 10.2. The van der Waals surface area contributed by atoms with Crippen molar-refractivity contribution in [2.75, 3.05) is 0 Å². The van der Waals surface area contributed by atoms with E-state index in [1.807, 2.05) is 0 Å². The van der Waals surface area contributed by atoms with Gasteiger partial charge in [-0.3, -0.25) is 5.10 Å². The van der Waals surface area contributed by atoms with Gasteiger partial charge in [-0.25, -0.2) is 0 Å². The number of nitrogens with one attached hydrogen (secondary N) is 1. The second-order valence-electron chi connectivity index (χ2n) is 9.92. The molecule has 0 unspecified atom stereocenters. The summed E-state index contributed by atoms with van der Waals surface area (Å²) in [7, 11) is 0. The van der Waals surface area contributed by atoms with Crippen molar-refractivity contribution in [1.82, 2.24) is 10.2 Å². The minimum Gasteiger partial charge on any atom is -0.393 e. The molecule has 3 fully saturated rings. The molecule has 3 nitrogen and oxygen atoms in total. The molecule has 1 aromatic rings. The Morgan fingerprint density at radius 1 is 1.08 bits per heavy atom. The van der Waals surface area contributed by atoms with Crippen LogP contribution < -0.4 is 0 Å². The molecule has 0 amide bonds. The van der Waals surface area contributed by atoms with Crippen molar-refractivity contribution in [2.45, 2.75) is 83.7 Å². The molecule has 132 valence electrons. The van der Waals surface area contributed by atoms with E-state index in [0.29, 0.717) is 10.8 Å². The molecule has 1 aromatic heterocycles. The van der Waals surface area contributed by atoms with E-state index in [1.165, 1.54) is 49.9 Å². The van der Waals surface area contributed by atoms with Crippen molar-refractivity contribution >= 4 is 0 Å². The van der Waals surface area contributed by atoms with Crippen LogP contribution >= 0.6 is 0 Å². The van der Waals surface area contributed by atoms with Gasteiger partial charge < -0.3 is 5.11 Å². The van der Waals surface area contributed by atoms with Gasteiger partial charge in [-0.05, 0) is 92.8 Å². The Hall–Kier alpha value is -0.830. The van der Waals surface area contributed by atoms with Crippen molar-refractivity contribution in [2.24, 2.45) is 29.1 Å². The van der Waals surface area contributed by atoms with Crippen LogP contribution in [0, 0.1) is 36.0 Å². The highest BCUT2D eigenvalue weighted by atomic mass is 16.3. The molecule has 0 spiro atoms. The summed E-state index contributed by atoms with van der Waals surface area (Å²) in [5, 5.41) is 18.1.